The number of benzene rings is 1. The van der Waals surface area contributed by atoms with Crippen molar-refractivity contribution < 1.29 is 13.5 Å². The highest BCUT2D eigenvalue weighted by Gasteiger charge is 2.16. The molecule has 0 saturated carbocycles. The monoisotopic (exact) mass is 312 g/mol. The summed E-state index contributed by atoms with van der Waals surface area (Å²) >= 11 is 8.94. The second kappa shape index (κ2) is 4.82. The van der Waals surface area contributed by atoms with Crippen LogP contribution in [-0.2, 0) is 9.84 Å². The van der Waals surface area contributed by atoms with Gasteiger partial charge in [-0.1, -0.05) is 33.6 Å². The summed E-state index contributed by atoms with van der Waals surface area (Å²) in [6, 6.07) is 4.82. The minimum atomic E-state index is -3.20. The Morgan fingerprint density at radius 3 is 2.60 bits per heavy atom. The van der Waals surface area contributed by atoms with Gasteiger partial charge in [-0.05, 0) is 17.7 Å². The van der Waals surface area contributed by atoms with Crippen molar-refractivity contribution >= 4 is 37.4 Å². The van der Waals surface area contributed by atoms with E-state index >= 15 is 0 Å². The van der Waals surface area contributed by atoms with Gasteiger partial charge in [-0.3, -0.25) is 0 Å². The van der Waals surface area contributed by atoms with Gasteiger partial charge in [-0.15, -0.1) is 0 Å². The SMILES string of the molecule is CS(=O)(=O)CC(O)c1ccc(Cl)cc1Br. The Morgan fingerprint density at radius 1 is 1.53 bits per heavy atom. The van der Waals surface area contributed by atoms with Crippen LogP contribution in [-0.4, -0.2) is 25.5 Å². The average Bonchev–Trinajstić information content (AvgIpc) is 1.99. The smallest absolute Gasteiger partial charge is 0.150 e. The minimum absolute atomic E-state index is 0.298. The van der Waals surface area contributed by atoms with E-state index in [1.54, 1.807) is 18.2 Å². The lowest BCUT2D eigenvalue weighted by Gasteiger charge is -2.11. The van der Waals surface area contributed by atoms with Gasteiger partial charge >= 0.3 is 0 Å². The maximum atomic E-state index is 11.0. The molecule has 1 unspecified atom stereocenters. The van der Waals surface area contributed by atoms with E-state index < -0.39 is 15.9 Å². The van der Waals surface area contributed by atoms with Gasteiger partial charge in [0.15, 0.2) is 0 Å². The van der Waals surface area contributed by atoms with Crippen LogP contribution in [0.2, 0.25) is 5.02 Å². The second-order valence-corrected chi connectivity index (χ2v) is 6.75. The summed E-state index contributed by atoms with van der Waals surface area (Å²) in [5, 5.41) is 10.2. The molecule has 1 aromatic carbocycles. The van der Waals surface area contributed by atoms with Crippen LogP contribution in [0.4, 0.5) is 0 Å². The average molecular weight is 314 g/mol. The molecule has 3 nitrogen and oxygen atoms in total. The van der Waals surface area contributed by atoms with Gasteiger partial charge in [0.2, 0.25) is 0 Å². The molecule has 1 N–H and O–H groups in total. The maximum absolute atomic E-state index is 11.0. The molecule has 0 aliphatic rings. The van der Waals surface area contributed by atoms with Crippen molar-refractivity contribution in [1.29, 1.82) is 0 Å². The molecule has 0 aliphatic heterocycles. The van der Waals surface area contributed by atoms with Crippen molar-refractivity contribution in [1.82, 2.24) is 0 Å². The molecule has 1 aromatic rings. The van der Waals surface area contributed by atoms with Crippen LogP contribution >= 0.6 is 27.5 Å². The Morgan fingerprint density at radius 2 is 2.13 bits per heavy atom. The fourth-order valence-corrected chi connectivity index (χ4v) is 2.85. The standard InChI is InChI=1S/C9H10BrClO3S/c1-15(13,14)5-9(12)7-3-2-6(11)4-8(7)10/h2-4,9,12H,5H2,1H3. The Bertz CT molecular complexity index is 458. The third kappa shape index (κ3) is 4.10. The van der Waals surface area contributed by atoms with Crippen molar-refractivity contribution in [3.05, 3.63) is 33.3 Å². The van der Waals surface area contributed by atoms with Crippen molar-refractivity contribution in [2.45, 2.75) is 6.10 Å². The predicted molar refractivity (Wildman–Crippen MR) is 63.8 cm³/mol. The number of aliphatic hydroxyl groups is 1. The Balaban J connectivity index is 2.97. The fraction of sp³-hybridized carbons (Fsp3) is 0.333. The third-order valence-electron chi connectivity index (χ3n) is 1.78. The highest BCUT2D eigenvalue weighted by molar-refractivity contribution is 9.10. The Labute approximate surface area is 102 Å². The molecule has 0 bridgehead atoms. The van der Waals surface area contributed by atoms with Gasteiger partial charge in [-0.25, -0.2) is 8.42 Å². The van der Waals surface area contributed by atoms with E-state index in [1.165, 1.54) is 0 Å². The van der Waals surface area contributed by atoms with Gasteiger partial charge in [0, 0.05) is 15.8 Å². The zero-order valence-electron chi connectivity index (χ0n) is 7.94. The molecule has 6 heteroatoms. The van der Waals surface area contributed by atoms with Crippen LogP contribution in [0.25, 0.3) is 0 Å². The molecule has 0 amide bonds. The molecule has 0 aliphatic carbocycles. The highest BCUT2D eigenvalue weighted by Crippen LogP contribution is 2.27. The number of hydrogen-bond donors (Lipinski definition) is 1. The normalized spacial score (nSPS) is 13.9. The molecule has 84 valence electrons. The lowest BCUT2D eigenvalue weighted by molar-refractivity contribution is 0.201. The molecule has 0 heterocycles. The zero-order chi connectivity index (χ0) is 11.6. The molecule has 0 aromatic heterocycles. The first-order valence-electron chi connectivity index (χ1n) is 4.10. The fourth-order valence-electron chi connectivity index (χ4n) is 1.15. The van der Waals surface area contributed by atoms with E-state index in [0.717, 1.165) is 6.26 Å². The predicted octanol–water partition coefficient (Wildman–Crippen LogP) is 2.18. The summed E-state index contributed by atoms with van der Waals surface area (Å²) < 4.78 is 22.6. The van der Waals surface area contributed by atoms with E-state index in [-0.39, 0.29) is 5.75 Å². The van der Waals surface area contributed by atoms with Gasteiger partial charge in [0.05, 0.1) is 11.9 Å². The molecule has 0 fully saturated rings. The summed E-state index contributed by atoms with van der Waals surface area (Å²) in [5.74, 6) is -0.298. The number of sulfone groups is 1. The first kappa shape index (κ1) is 13.0. The largest absolute Gasteiger partial charge is 0.387 e. The zero-order valence-corrected chi connectivity index (χ0v) is 11.1. The van der Waals surface area contributed by atoms with Crippen LogP contribution in [0.1, 0.15) is 11.7 Å². The maximum Gasteiger partial charge on any atom is 0.150 e. The number of aliphatic hydroxyl groups excluding tert-OH is 1. The first-order valence-corrected chi connectivity index (χ1v) is 7.33. The summed E-state index contributed by atoms with van der Waals surface area (Å²) in [5.41, 5.74) is 0.518. The Kier molecular flexibility index (Phi) is 4.17. The number of halogens is 2. The summed E-state index contributed by atoms with van der Waals surface area (Å²) in [6.07, 6.45) is 0.0479. The molecule has 1 rings (SSSR count). The van der Waals surface area contributed by atoms with Crippen molar-refractivity contribution in [3.8, 4) is 0 Å². The van der Waals surface area contributed by atoms with Crippen molar-refractivity contribution in [3.63, 3.8) is 0 Å². The summed E-state index contributed by atoms with van der Waals surface area (Å²) in [4.78, 5) is 0. The topological polar surface area (TPSA) is 54.4 Å². The third-order valence-corrected chi connectivity index (χ3v) is 3.63. The molecule has 0 radical (unpaired) electrons. The lowest BCUT2D eigenvalue weighted by Crippen LogP contribution is -2.13. The quantitative estimate of drug-likeness (QED) is 0.930. The number of rotatable bonds is 3. The van der Waals surface area contributed by atoms with E-state index in [4.69, 9.17) is 11.6 Å². The molecular weight excluding hydrogens is 304 g/mol. The Hall–Kier alpha value is -0.100. The molecule has 0 saturated heterocycles. The second-order valence-electron chi connectivity index (χ2n) is 3.27. The number of hydrogen-bond acceptors (Lipinski definition) is 3. The van der Waals surface area contributed by atoms with Crippen molar-refractivity contribution in [2.24, 2.45) is 0 Å². The first-order chi connectivity index (χ1) is 6.79. The van der Waals surface area contributed by atoms with E-state index in [1.807, 2.05) is 0 Å². The van der Waals surface area contributed by atoms with Crippen LogP contribution in [0.15, 0.2) is 22.7 Å². The van der Waals surface area contributed by atoms with Crippen LogP contribution in [0.3, 0.4) is 0 Å². The minimum Gasteiger partial charge on any atom is -0.387 e. The van der Waals surface area contributed by atoms with E-state index in [9.17, 15) is 13.5 Å². The van der Waals surface area contributed by atoms with Gasteiger partial charge in [0.1, 0.15) is 9.84 Å². The lowest BCUT2D eigenvalue weighted by atomic mass is 10.1. The van der Waals surface area contributed by atoms with E-state index in [0.29, 0.717) is 15.1 Å². The van der Waals surface area contributed by atoms with Gasteiger partial charge < -0.3 is 5.11 Å². The molecule has 0 spiro atoms. The van der Waals surface area contributed by atoms with Crippen LogP contribution in [0, 0.1) is 0 Å². The summed E-state index contributed by atoms with van der Waals surface area (Å²) in [6.45, 7) is 0. The van der Waals surface area contributed by atoms with E-state index in [2.05, 4.69) is 15.9 Å². The highest BCUT2D eigenvalue weighted by atomic mass is 79.9. The summed E-state index contributed by atoms with van der Waals surface area (Å²) in [7, 11) is -3.20. The molecule has 15 heavy (non-hydrogen) atoms. The van der Waals surface area contributed by atoms with Crippen molar-refractivity contribution in [2.75, 3.05) is 12.0 Å². The van der Waals surface area contributed by atoms with Crippen LogP contribution in [0.5, 0.6) is 0 Å². The van der Waals surface area contributed by atoms with Crippen LogP contribution < -0.4 is 0 Å². The molecular formula is C9H10BrClO3S. The molecule has 1 atom stereocenters. The van der Waals surface area contributed by atoms with Gasteiger partial charge in [0.25, 0.3) is 0 Å². The van der Waals surface area contributed by atoms with Gasteiger partial charge in [-0.2, -0.15) is 0 Å².